The van der Waals surface area contributed by atoms with Crippen molar-refractivity contribution in [1.82, 2.24) is 4.90 Å². The Kier molecular flexibility index (Phi) is 11.3. The zero-order chi connectivity index (χ0) is 34.6. The third kappa shape index (κ3) is 7.93. The summed E-state index contributed by atoms with van der Waals surface area (Å²) in [6.45, 7) is 14.3. The summed E-state index contributed by atoms with van der Waals surface area (Å²) in [6, 6.07) is 18.9. The quantitative estimate of drug-likeness (QED) is 0.0612. The van der Waals surface area contributed by atoms with Crippen molar-refractivity contribution in [2.45, 2.75) is 85.7 Å². The highest BCUT2D eigenvalue weighted by Gasteiger charge is 2.63. The van der Waals surface area contributed by atoms with Gasteiger partial charge in [0.1, 0.15) is 17.3 Å². The van der Waals surface area contributed by atoms with Gasteiger partial charge in [-0.25, -0.2) is 4.79 Å². The summed E-state index contributed by atoms with van der Waals surface area (Å²) in [4.78, 5) is 41.1. The molecule has 1 saturated heterocycles. The van der Waals surface area contributed by atoms with E-state index in [0.29, 0.717) is 0 Å². The van der Waals surface area contributed by atoms with Crippen molar-refractivity contribution in [3.05, 3.63) is 72.1 Å². The van der Waals surface area contributed by atoms with E-state index in [2.05, 4.69) is 20.8 Å². The van der Waals surface area contributed by atoms with Crippen molar-refractivity contribution < 1.29 is 46.4 Å². The monoisotopic (exact) mass is 687 g/mol. The van der Waals surface area contributed by atoms with Gasteiger partial charge in [-0.1, -0.05) is 64.1 Å². The number of rotatable bonds is 15. The molecular weight excluding hydrogens is 641 g/mol. The van der Waals surface area contributed by atoms with Gasteiger partial charge in [-0.3, -0.25) is 14.5 Å². The number of phosphoric ester groups is 1. The molecule has 1 amide bonds. The predicted molar refractivity (Wildman–Crippen MR) is 177 cm³/mol. The van der Waals surface area contributed by atoms with Crippen LogP contribution in [0.15, 0.2) is 72.1 Å². The van der Waals surface area contributed by atoms with Gasteiger partial charge in [-0.2, -0.15) is 4.57 Å². The summed E-state index contributed by atoms with van der Waals surface area (Å²) >= 11 is 0. The van der Waals surface area contributed by atoms with Gasteiger partial charge < -0.3 is 27.5 Å². The van der Waals surface area contributed by atoms with Crippen LogP contribution in [0.1, 0.15) is 55.4 Å². The summed E-state index contributed by atoms with van der Waals surface area (Å²) in [7, 11) is -6.63. The molecule has 2 aliphatic heterocycles. The van der Waals surface area contributed by atoms with Crippen molar-refractivity contribution in [3.8, 4) is 11.5 Å². The second kappa shape index (κ2) is 14.7. The number of benzene rings is 2. The Hall–Kier alpha value is -3.60. The van der Waals surface area contributed by atoms with Gasteiger partial charge in [0.25, 0.3) is 0 Å². The van der Waals surface area contributed by atoms with Gasteiger partial charge in [-0.15, -0.1) is 0 Å². The normalized spacial score (nSPS) is 20.2. The molecule has 256 valence electrons. The number of nitrogens with zero attached hydrogens (tertiary/aromatic N) is 1. The molecule has 0 spiro atoms. The molecule has 4 rings (SSSR count). The van der Waals surface area contributed by atoms with Gasteiger partial charge in [0.05, 0.1) is 23.5 Å². The number of esters is 2. The Labute approximate surface area is 278 Å². The van der Waals surface area contributed by atoms with Crippen molar-refractivity contribution in [2.75, 3.05) is 6.79 Å². The van der Waals surface area contributed by atoms with Gasteiger partial charge in [0.2, 0.25) is 12.7 Å². The SMILES string of the molecule is CC[Si](CC)(CC)O[C@H](C)[C@H]1C(=O)N2C(C(=O)OCOC(=O)C(C)(C)C)=C(OP(=O)(Oc3ccccc3)Oc3ccccc3)[C@H](C)[C@H]12. The molecular formula is C34H46NO10PSi. The molecule has 2 heterocycles. The summed E-state index contributed by atoms with van der Waals surface area (Å²) in [5.41, 5.74) is -1.07. The molecule has 0 unspecified atom stereocenters. The predicted octanol–water partition coefficient (Wildman–Crippen LogP) is 7.46. The summed E-state index contributed by atoms with van der Waals surface area (Å²) in [5, 5.41) is 0. The fraction of sp³-hybridized carbons (Fsp3) is 0.500. The molecule has 0 N–H and O–H groups in total. The Bertz CT molecular complexity index is 1450. The fourth-order valence-corrected chi connectivity index (χ4v) is 10.2. The maximum atomic E-state index is 14.4. The van der Waals surface area contributed by atoms with Crippen LogP contribution >= 0.6 is 7.82 Å². The molecule has 13 heteroatoms. The zero-order valence-corrected chi connectivity index (χ0v) is 30.3. The van der Waals surface area contributed by atoms with Crippen LogP contribution in [-0.4, -0.2) is 50.0 Å². The van der Waals surface area contributed by atoms with Crippen LogP contribution in [0.25, 0.3) is 0 Å². The van der Waals surface area contributed by atoms with E-state index in [1.54, 1.807) is 88.4 Å². The Morgan fingerprint density at radius 1 is 0.872 bits per heavy atom. The molecule has 0 aromatic heterocycles. The number of para-hydroxylation sites is 2. The van der Waals surface area contributed by atoms with Crippen LogP contribution in [0.3, 0.4) is 0 Å². The highest BCUT2D eigenvalue weighted by Crippen LogP contribution is 2.57. The van der Waals surface area contributed by atoms with Crippen LogP contribution in [0.2, 0.25) is 18.1 Å². The van der Waals surface area contributed by atoms with E-state index in [0.717, 1.165) is 18.1 Å². The number of hydrogen-bond acceptors (Lipinski definition) is 10. The Morgan fingerprint density at radius 3 is 1.85 bits per heavy atom. The summed E-state index contributed by atoms with van der Waals surface area (Å²) < 4.78 is 49.4. The number of phosphoric acid groups is 1. The van der Waals surface area contributed by atoms with Gasteiger partial charge in [-0.05, 0) is 70.1 Å². The Balaban J connectivity index is 1.70. The number of ether oxygens (including phenoxy) is 2. The summed E-state index contributed by atoms with van der Waals surface area (Å²) in [6.07, 6.45) is -0.435. The van der Waals surface area contributed by atoms with E-state index in [-0.39, 0.29) is 28.9 Å². The van der Waals surface area contributed by atoms with Crippen LogP contribution in [0, 0.1) is 17.3 Å². The lowest BCUT2D eigenvalue weighted by atomic mass is 9.79. The second-order valence-corrected chi connectivity index (χ2v) is 19.0. The lowest BCUT2D eigenvalue weighted by Gasteiger charge is -2.49. The largest absolute Gasteiger partial charge is 0.646 e. The van der Waals surface area contributed by atoms with E-state index in [1.807, 2.05) is 6.92 Å². The highest BCUT2D eigenvalue weighted by atomic mass is 31.2. The first-order valence-electron chi connectivity index (χ1n) is 16.1. The van der Waals surface area contributed by atoms with Crippen LogP contribution in [0.5, 0.6) is 11.5 Å². The molecule has 11 nitrogen and oxygen atoms in total. The van der Waals surface area contributed by atoms with E-state index >= 15 is 0 Å². The third-order valence-electron chi connectivity index (χ3n) is 8.78. The first kappa shape index (κ1) is 36.2. The standard InChI is InChI=1S/C34H46NO10PSi/c1-9-47(10-2,11-3)45-24(5)27-28-23(4)30(29(35(28)31(27)36)32(37)40-22-41-33(38)34(6,7)8)44-46(39,42-25-18-14-12-15-19-25)43-26-20-16-13-17-21-26/h12-21,23-24,27-28H,9-11,22H2,1-8H3/t23-,24-,27-,28-/m1/s1. The number of carbonyl (C=O) groups is 3. The van der Waals surface area contributed by atoms with Crippen LogP contribution in [-0.2, 0) is 37.4 Å². The lowest BCUT2D eigenvalue weighted by molar-refractivity contribution is -0.175. The topological polar surface area (TPSA) is 127 Å². The molecule has 0 bridgehead atoms. The van der Waals surface area contributed by atoms with Crippen molar-refractivity contribution in [2.24, 2.45) is 17.3 Å². The smallest absolute Gasteiger partial charge is 0.427 e. The number of carbonyl (C=O) groups excluding carboxylic acids is 3. The maximum Gasteiger partial charge on any atom is 0.646 e. The molecule has 0 radical (unpaired) electrons. The number of amides is 1. The fourth-order valence-electron chi connectivity index (χ4n) is 5.91. The Morgan fingerprint density at radius 2 is 1.38 bits per heavy atom. The molecule has 47 heavy (non-hydrogen) atoms. The van der Waals surface area contributed by atoms with E-state index < -0.39 is 64.3 Å². The van der Waals surface area contributed by atoms with Crippen LogP contribution in [0.4, 0.5) is 0 Å². The first-order valence-corrected chi connectivity index (χ1v) is 20.1. The average Bonchev–Trinajstić information content (AvgIpc) is 3.27. The van der Waals surface area contributed by atoms with E-state index in [4.69, 9.17) is 27.5 Å². The first-order chi connectivity index (χ1) is 22.2. The molecule has 1 fully saturated rings. The molecule has 0 aliphatic carbocycles. The number of fused-ring (bicyclic) bond motifs is 1. The number of hydrogen-bond donors (Lipinski definition) is 0. The van der Waals surface area contributed by atoms with Crippen molar-refractivity contribution >= 4 is 34.0 Å². The van der Waals surface area contributed by atoms with Crippen molar-refractivity contribution in [3.63, 3.8) is 0 Å². The van der Waals surface area contributed by atoms with Gasteiger partial charge in [0, 0.05) is 5.92 Å². The maximum absolute atomic E-state index is 14.4. The minimum Gasteiger partial charge on any atom is -0.427 e. The van der Waals surface area contributed by atoms with Crippen molar-refractivity contribution in [1.29, 1.82) is 0 Å². The number of β-lactam (4-membered cyclic amide) rings is 1. The average molecular weight is 688 g/mol. The van der Waals surface area contributed by atoms with E-state index in [9.17, 15) is 18.9 Å². The van der Waals surface area contributed by atoms with Gasteiger partial charge in [0.15, 0.2) is 14.0 Å². The molecule has 2 aliphatic rings. The third-order valence-corrected chi connectivity index (χ3v) is 14.8. The second-order valence-electron chi connectivity index (χ2n) is 12.9. The van der Waals surface area contributed by atoms with E-state index in [1.165, 1.54) is 4.90 Å². The molecule has 4 atom stereocenters. The molecule has 0 saturated carbocycles. The van der Waals surface area contributed by atoms with Crippen LogP contribution < -0.4 is 9.05 Å². The minimum atomic E-state index is -4.54. The highest BCUT2D eigenvalue weighted by molar-refractivity contribution is 7.49. The molecule has 2 aromatic rings. The molecule has 2 aromatic carbocycles. The minimum absolute atomic E-state index is 0.0922. The zero-order valence-electron chi connectivity index (χ0n) is 28.4. The lowest BCUT2D eigenvalue weighted by Crippen LogP contribution is -2.65. The van der Waals surface area contributed by atoms with Gasteiger partial charge >= 0.3 is 19.8 Å². The summed E-state index contributed by atoms with van der Waals surface area (Å²) in [5.74, 6) is -2.81.